The summed E-state index contributed by atoms with van der Waals surface area (Å²) >= 11 is 0. The molecule has 0 bridgehead atoms. The van der Waals surface area contributed by atoms with E-state index in [0.717, 1.165) is 17.9 Å². The van der Waals surface area contributed by atoms with E-state index in [1.165, 1.54) is 45.1 Å². The molecule has 2 rings (SSSR count). The van der Waals surface area contributed by atoms with Gasteiger partial charge in [0.2, 0.25) is 0 Å². The van der Waals surface area contributed by atoms with Crippen LogP contribution in [0.25, 0.3) is 0 Å². The van der Waals surface area contributed by atoms with Gasteiger partial charge in [0.05, 0.1) is 0 Å². The molecular weight excluding hydrogens is 146 g/mol. The van der Waals surface area contributed by atoms with Crippen LogP contribution in [-0.2, 0) is 0 Å². The Morgan fingerprint density at radius 2 is 1.83 bits per heavy atom. The Morgan fingerprint density at radius 3 is 2.42 bits per heavy atom. The van der Waals surface area contributed by atoms with Gasteiger partial charge in [-0.05, 0) is 44.1 Å². The maximum absolute atomic E-state index is 3.69. The topological polar surface area (TPSA) is 12.0 Å². The van der Waals surface area contributed by atoms with Crippen LogP contribution in [0.1, 0.15) is 45.4 Å². The van der Waals surface area contributed by atoms with E-state index in [1.54, 1.807) is 0 Å². The molecule has 0 atom stereocenters. The highest BCUT2D eigenvalue weighted by Crippen LogP contribution is 2.28. The average molecular weight is 167 g/mol. The molecule has 2 saturated carbocycles. The van der Waals surface area contributed by atoms with Gasteiger partial charge in [0.15, 0.2) is 0 Å². The van der Waals surface area contributed by atoms with Crippen molar-refractivity contribution in [2.45, 2.75) is 51.5 Å². The molecule has 70 valence electrons. The SMILES string of the molecule is CC1CC(NCC2CCCC2)C1. The van der Waals surface area contributed by atoms with E-state index in [4.69, 9.17) is 0 Å². The van der Waals surface area contributed by atoms with Crippen molar-refractivity contribution in [3.05, 3.63) is 0 Å². The van der Waals surface area contributed by atoms with Gasteiger partial charge in [-0.25, -0.2) is 0 Å². The summed E-state index contributed by atoms with van der Waals surface area (Å²) in [7, 11) is 0. The normalized spacial score (nSPS) is 36.8. The summed E-state index contributed by atoms with van der Waals surface area (Å²) in [4.78, 5) is 0. The van der Waals surface area contributed by atoms with Gasteiger partial charge in [-0.15, -0.1) is 0 Å². The highest BCUT2D eigenvalue weighted by molar-refractivity contribution is 4.83. The Balaban J connectivity index is 1.56. The molecule has 0 amide bonds. The predicted molar refractivity (Wildman–Crippen MR) is 52.1 cm³/mol. The van der Waals surface area contributed by atoms with Crippen molar-refractivity contribution in [1.82, 2.24) is 5.32 Å². The monoisotopic (exact) mass is 167 g/mol. The van der Waals surface area contributed by atoms with Crippen molar-refractivity contribution in [3.8, 4) is 0 Å². The summed E-state index contributed by atoms with van der Waals surface area (Å²) in [5, 5.41) is 3.69. The van der Waals surface area contributed by atoms with Crippen LogP contribution < -0.4 is 5.32 Å². The van der Waals surface area contributed by atoms with E-state index in [0.29, 0.717) is 0 Å². The zero-order valence-corrected chi connectivity index (χ0v) is 8.18. The van der Waals surface area contributed by atoms with Gasteiger partial charge < -0.3 is 5.32 Å². The summed E-state index contributed by atoms with van der Waals surface area (Å²) in [6.45, 7) is 3.66. The molecule has 0 saturated heterocycles. The second-order valence-electron chi connectivity index (χ2n) is 4.83. The first-order valence-corrected chi connectivity index (χ1v) is 5.58. The lowest BCUT2D eigenvalue weighted by Gasteiger charge is -2.34. The van der Waals surface area contributed by atoms with Gasteiger partial charge >= 0.3 is 0 Å². The van der Waals surface area contributed by atoms with E-state index in [-0.39, 0.29) is 0 Å². The lowest BCUT2D eigenvalue weighted by molar-refractivity contribution is 0.232. The van der Waals surface area contributed by atoms with Crippen molar-refractivity contribution in [2.24, 2.45) is 11.8 Å². The van der Waals surface area contributed by atoms with E-state index in [9.17, 15) is 0 Å². The minimum atomic E-state index is 0.876. The first-order valence-electron chi connectivity index (χ1n) is 5.58. The van der Waals surface area contributed by atoms with E-state index >= 15 is 0 Å². The van der Waals surface area contributed by atoms with Gasteiger partial charge in [-0.2, -0.15) is 0 Å². The van der Waals surface area contributed by atoms with E-state index < -0.39 is 0 Å². The van der Waals surface area contributed by atoms with Crippen molar-refractivity contribution >= 4 is 0 Å². The van der Waals surface area contributed by atoms with Crippen LogP contribution in [-0.4, -0.2) is 12.6 Å². The fourth-order valence-corrected chi connectivity index (χ4v) is 2.62. The minimum Gasteiger partial charge on any atom is -0.314 e. The molecule has 0 heterocycles. The maximum atomic E-state index is 3.69. The van der Waals surface area contributed by atoms with Gasteiger partial charge in [-0.1, -0.05) is 19.8 Å². The Hall–Kier alpha value is -0.0400. The van der Waals surface area contributed by atoms with Crippen LogP contribution in [0.4, 0.5) is 0 Å². The number of rotatable bonds is 3. The molecule has 2 aliphatic rings. The Labute approximate surface area is 75.9 Å². The maximum Gasteiger partial charge on any atom is 0.00722 e. The Kier molecular flexibility index (Phi) is 2.69. The lowest BCUT2D eigenvalue weighted by Crippen LogP contribution is -2.41. The van der Waals surface area contributed by atoms with Gasteiger partial charge in [0.1, 0.15) is 0 Å². The van der Waals surface area contributed by atoms with Crippen LogP contribution in [0.3, 0.4) is 0 Å². The lowest BCUT2D eigenvalue weighted by atomic mass is 9.82. The van der Waals surface area contributed by atoms with E-state index in [1.807, 2.05) is 0 Å². The first-order chi connectivity index (χ1) is 5.84. The summed E-state index contributed by atoms with van der Waals surface area (Å²) in [5.74, 6) is 2.01. The molecule has 2 fully saturated rings. The molecule has 0 radical (unpaired) electrons. The second-order valence-corrected chi connectivity index (χ2v) is 4.83. The summed E-state index contributed by atoms with van der Waals surface area (Å²) in [6, 6.07) is 0.876. The second kappa shape index (κ2) is 3.78. The van der Waals surface area contributed by atoms with Crippen molar-refractivity contribution in [3.63, 3.8) is 0 Å². The fourth-order valence-electron chi connectivity index (χ4n) is 2.62. The molecule has 0 aliphatic heterocycles. The molecular formula is C11H21N. The number of hydrogen-bond acceptors (Lipinski definition) is 1. The largest absolute Gasteiger partial charge is 0.314 e. The average Bonchev–Trinajstić information content (AvgIpc) is 2.47. The van der Waals surface area contributed by atoms with Gasteiger partial charge in [0, 0.05) is 6.04 Å². The molecule has 0 unspecified atom stereocenters. The number of nitrogens with one attached hydrogen (secondary N) is 1. The van der Waals surface area contributed by atoms with E-state index in [2.05, 4.69) is 12.2 Å². The molecule has 1 heteroatoms. The van der Waals surface area contributed by atoms with Crippen LogP contribution >= 0.6 is 0 Å². The summed E-state index contributed by atoms with van der Waals surface area (Å²) in [5.41, 5.74) is 0. The first kappa shape index (κ1) is 8.55. The Morgan fingerprint density at radius 1 is 1.17 bits per heavy atom. The standard InChI is InChI=1S/C11H21N/c1-9-6-11(7-9)12-8-10-4-2-3-5-10/h9-12H,2-8H2,1H3. The molecule has 1 N–H and O–H groups in total. The molecule has 1 nitrogen and oxygen atoms in total. The summed E-state index contributed by atoms with van der Waals surface area (Å²) in [6.07, 6.45) is 8.77. The third kappa shape index (κ3) is 2.01. The van der Waals surface area contributed by atoms with Gasteiger partial charge in [0.25, 0.3) is 0 Å². The van der Waals surface area contributed by atoms with Crippen molar-refractivity contribution < 1.29 is 0 Å². The highest BCUT2D eigenvalue weighted by atomic mass is 14.9. The van der Waals surface area contributed by atoms with Crippen LogP contribution in [0.15, 0.2) is 0 Å². The zero-order valence-electron chi connectivity index (χ0n) is 8.18. The predicted octanol–water partition coefficient (Wildman–Crippen LogP) is 2.56. The Bertz CT molecular complexity index is 132. The summed E-state index contributed by atoms with van der Waals surface area (Å²) < 4.78 is 0. The molecule has 12 heavy (non-hydrogen) atoms. The highest BCUT2D eigenvalue weighted by Gasteiger charge is 2.25. The van der Waals surface area contributed by atoms with Crippen molar-refractivity contribution in [1.29, 1.82) is 0 Å². The molecule has 2 aliphatic carbocycles. The molecule has 0 aromatic carbocycles. The fraction of sp³-hybridized carbons (Fsp3) is 1.00. The quantitative estimate of drug-likeness (QED) is 0.681. The third-order valence-corrected chi connectivity index (χ3v) is 3.54. The minimum absolute atomic E-state index is 0.876. The van der Waals surface area contributed by atoms with Crippen LogP contribution in [0.5, 0.6) is 0 Å². The molecule has 0 aromatic rings. The number of hydrogen-bond donors (Lipinski definition) is 1. The zero-order chi connectivity index (χ0) is 8.39. The molecule has 0 aromatic heterocycles. The smallest absolute Gasteiger partial charge is 0.00722 e. The molecule has 0 spiro atoms. The third-order valence-electron chi connectivity index (χ3n) is 3.54. The van der Waals surface area contributed by atoms with Crippen LogP contribution in [0, 0.1) is 11.8 Å². The van der Waals surface area contributed by atoms with Crippen LogP contribution in [0.2, 0.25) is 0 Å². The van der Waals surface area contributed by atoms with Gasteiger partial charge in [-0.3, -0.25) is 0 Å². The van der Waals surface area contributed by atoms with Crippen molar-refractivity contribution in [2.75, 3.05) is 6.54 Å².